The minimum atomic E-state index is 0.719. The van der Waals surface area contributed by atoms with E-state index in [1.165, 1.54) is 0 Å². The Morgan fingerprint density at radius 2 is 1.82 bits per heavy atom. The number of hydrogen-bond acceptors (Lipinski definition) is 5. The first-order valence-electron chi connectivity index (χ1n) is 8.88. The fourth-order valence-electron chi connectivity index (χ4n) is 2.90. The van der Waals surface area contributed by atoms with Crippen LogP contribution < -0.4 is 0 Å². The van der Waals surface area contributed by atoms with Gasteiger partial charge in [-0.25, -0.2) is 0 Å². The highest BCUT2D eigenvalue weighted by molar-refractivity contribution is 7.99. The molecule has 0 saturated carbocycles. The number of nitrogens with zero attached hydrogens (tertiary/aromatic N) is 5. The molecule has 1 aromatic carbocycles. The largest absolute Gasteiger partial charge is 0.270 e. The first-order chi connectivity index (χ1) is 13.7. The normalized spacial score (nSPS) is 10.9. The molecule has 5 nitrogen and oxygen atoms in total. The summed E-state index contributed by atoms with van der Waals surface area (Å²) in [5.41, 5.74) is 3.99. The van der Waals surface area contributed by atoms with Crippen LogP contribution in [0.25, 0.3) is 17.1 Å². The molecule has 4 rings (SSSR count). The van der Waals surface area contributed by atoms with Crippen LogP contribution in [0.5, 0.6) is 0 Å². The summed E-state index contributed by atoms with van der Waals surface area (Å²) in [5, 5.41) is 10.5. The van der Waals surface area contributed by atoms with Gasteiger partial charge in [-0.1, -0.05) is 35.5 Å². The summed E-state index contributed by atoms with van der Waals surface area (Å²) in [4.78, 5) is 8.49. The Hall–Kier alpha value is -2.70. The molecule has 0 amide bonds. The predicted octanol–water partition coefficient (Wildman–Crippen LogP) is 5.02. The summed E-state index contributed by atoms with van der Waals surface area (Å²) < 4.78 is 2.07. The van der Waals surface area contributed by atoms with Gasteiger partial charge in [-0.2, -0.15) is 0 Å². The number of halogens is 1. The average molecular weight is 408 g/mol. The molecule has 0 saturated heterocycles. The van der Waals surface area contributed by atoms with Crippen LogP contribution >= 0.6 is 23.4 Å². The number of pyridine rings is 2. The van der Waals surface area contributed by atoms with E-state index in [9.17, 15) is 0 Å². The molecular formula is C21H18ClN5S. The molecule has 3 heterocycles. The molecule has 0 unspecified atom stereocenters. The van der Waals surface area contributed by atoms with Crippen molar-refractivity contribution in [2.75, 3.05) is 5.75 Å². The van der Waals surface area contributed by atoms with Crippen LogP contribution in [0, 0.1) is 6.92 Å². The minimum Gasteiger partial charge on any atom is -0.270 e. The van der Waals surface area contributed by atoms with E-state index in [1.807, 2.05) is 61.7 Å². The monoisotopic (exact) mass is 407 g/mol. The maximum Gasteiger partial charge on any atom is 0.196 e. The molecule has 0 fully saturated rings. The summed E-state index contributed by atoms with van der Waals surface area (Å²) in [6.45, 7) is 2.01. The second-order valence-corrected chi connectivity index (χ2v) is 7.65. The van der Waals surface area contributed by atoms with Gasteiger partial charge < -0.3 is 0 Å². The fraction of sp³-hybridized carbons (Fsp3) is 0.143. The number of rotatable bonds is 6. The molecule has 28 heavy (non-hydrogen) atoms. The third-order valence-corrected chi connectivity index (χ3v) is 5.71. The molecule has 0 bridgehead atoms. The highest BCUT2D eigenvalue weighted by Crippen LogP contribution is 2.31. The van der Waals surface area contributed by atoms with Crippen molar-refractivity contribution in [3.63, 3.8) is 0 Å². The first kappa shape index (κ1) is 18.7. The minimum absolute atomic E-state index is 0.719. The van der Waals surface area contributed by atoms with Crippen molar-refractivity contribution in [3.05, 3.63) is 83.4 Å². The number of hydrogen-bond donors (Lipinski definition) is 0. The van der Waals surface area contributed by atoms with E-state index in [1.54, 1.807) is 24.2 Å². The number of aromatic nitrogens is 5. The fourth-order valence-corrected chi connectivity index (χ4v) is 3.98. The van der Waals surface area contributed by atoms with Crippen LogP contribution in [0.3, 0.4) is 0 Å². The maximum atomic E-state index is 6.39. The van der Waals surface area contributed by atoms with E-state index in [0.29, 0.717) is 0 Å². The lowest BCUT2D eigenvalue weighted by atomic mass is 10.2. The SMILES string of the molecule is Cc1c(Cl)cccc1-n1c(SCCc2ccccn2)nnc1-c1ccncc1. The van der Waals surface area contributed by atoms with Crippen molar-refractivity contribution in [1.82, 2.24) is 24.7 Å². The van der Waals surface area contributed by atoms with Crippen LogP contribution in [0.2, 0.25) is 5.02 Å². The quantitative estimate of drug-likeness (QED) is 0.420. The van der Waals surface area contributed by atoms with Gasteiger partial charge in [-0.3, -0.25) is 14.5 Å². The van der Waals surface area contributed by atoms with E-state index in [-0.39, 0.29) is 0 Å². The highest BCUT2D eigenvalue weighted by Gasteiger charge is 2.18. The molecule has 3 aromatic heterocycles. The third-order valence-electron chi connectivity index (χ3n) is 4.37. The van der Waals surface area contributed by atoms with Crippen LogP contribution in [0.1, 0.15) is 11.3 Å². The summed E-state index contributed by atoms with van der Waals surface area (Å²) in [6, 6.07) is 15.7. The molecular weight excluding hydrogens is 390 g/mol. The molecule has 0 aliphatic heterocycles. The topological polar surface area (TPSA) is 56.5 Å². The van der Waals surface area contributed by atoms with Crippen LogP contribution in [0.15, 0.2) is 72.3 Å². The van der Waals surface area contributed by atoms with Gasteiger partial charge in [0.15, 0.2) is 11.0 Å². The van der Waals surface area contributed by atoms with Crippen molar-refractivity contribution >= 4 is 23.4 Å². The van der Waals surface area contributed by atoms with E-state index >= 15 is 0 Å². The molecule has 7 heteroatoms. The Balaban J connectivity index is 1.70. The van der Waals surface area contributed by atoms with E-state index in [2.05, 4.69) is 24.7 Å². The van der Waals surface area contributed by atoms with Gasteiger partial charge in [0, 0.05) is 40.6 Å². The Morgan fingerprint density at radius 1 is 0.964 bits per heavy atom. The van der Waals surface area contributed by atoms with Crippen LogP contribution in [0.4, 0.5) is 0 Å². The molecule has 0 N–H and O–H groups in total. The highest BCUT2D eigenvalue weighted by atomic mass is 35.5. The summed E-state index contributed by atoms with van der Waals surface area (Å²) in [6.07, 6.45) is 6.19. The summed E-state index contributed by atoms with van der Waals surface area (Å²) >= 11 is 8.04. The Kier molecular flexibility index (Phi) is 5.69. The van der Waals surface area contributed by atoms with Crippen molar-refractivity contribution in [2.45, 2.75) is 18.5 Å². The third kappa shape index (κ3) is 3.93. The lowest BCUT2D eigenvalue weighted by molar-refractivity contribution is 0.878. The van der Waals surface area contributed by atoms with Crippen LogP contribution in [-0.4, -0.2) is 30.5 Å². The Bertz CT molecular complexity index is 1070. The number of thioether (sulfide) groups is 1. The maximum absolute atomic E-state index is 6.39. The van der Waals surface area contributed by atoms with Crippen LogP contribution in [-0.2, 0) is 6.42 Å². The van der Waals surface area contributed by atoms with Gasteiger partial charge in [0.25, 0.3) is 0 Å². The lowest BCUT2D eigenvalue weighted by Gasteiger charge is -2.13. The zero-order valence-corrected chi connectivity index (χ0v) is 16.9. The zero-order valence-electron chi connectivity index (χ0n) is 15.3. The van der Waals surface area contributed by atoms with Crippen molar-refractivity contribution in [2.24, 2.45) is 0 Å². The summed E-state index contributed by atoms with van der Waals surface area (Å²) in [7, 11) is 0. The van der Waals surface area contributed by atoms with E-state index < -0.39 is 0 Å². The van der Waals surface area contributed by atoms with Gasteiger partial charge in [0.2, 0.25) is 0 Å². The van der Waals surface area contributed by atoms with E-state index in [4.69, 9.17) is 11.6 Å². The zero-order chi connectivity index (χ0) is 19.3. The van der Waals surface area contributed by atoms with E-state index in [0.717, 1.165) is 50.7 Å². The van der Waals surface area contributed by atoms with Crippen molar-refractivity contribution in [1.29, 1.82) is 0 Å². The van der Waals surface area contributed by atoms with Gasteiger partial charge in [0.1, 0.15) is 0 Å². The van der Waals surface area contributed by atoms with Crippen molar-refractivity contribution in [3.8, 4) is 17.1 Å². The molecule has 0 spiro atoms. The van der Waals surface area contributed by atoms with Gasteiger partial charge in [-0.05, 0) is 55.3 Å². The van der Waals surface area contributed by atoms with Gasteiger partial charge in [0.05, 0.1) is 5.69 Å². The second kappa shape index (κ2) is 8.54. The lowest BCUT2D eigenvalue weighted by Crippen LogP contribution is -2.03. The summed E-state index contributed by atoms with van der Waals surface area (Å²) in [5.74, 6) is 1.62. The molecule has 0 atom stereocenters. The smallest absolute Gasteiger partial charge is 0.196 e. The second-order valence-electron chi connectivity index (χ2n) is 6.18. The molecule has 0 radical (unpaired) electrons. The van der Waals surface area contributed by atoms with Crippen molar-refractivity contribution < 1.29 is 0 Å². The Labute approximate surface area is 172 Å². The standard InChI is InChI=1S/C21H18ClN5S/c1-15-18(22)6-4-7-19(15)27-20(16-8-12-23-13-9-16)25-26-21(27)28-14-10-17-5-2-3-11-24-17/h2-9,11-13H,10,14H2,1H3. The number of benzene rings is 1. The molecule has 140 valence electrons. The number of aryl methyl sites for hydroxylation is 1. The average Bonchev–Trinajstić information content (AvgIpc) is 3.15. The van der Waals surface area contributed by atoms with Gasteiger partial charge in [-0.15, -0.1) is 10.2 Å². The first-order valence-corrected chi connectivity index (χ1v) is 10.2. The predicted molar refractivity (Wildman–Crippen MR) is 113 cm³/mol. The van der Waals surface area contributed by atoms with Gasteiger partial charge >= 0.3 is 0 Å². The molecule has 0 aliphatic rings. The molecule has 0 aliphatic carbocycles. The Morgan fingerprint density at radius 3 is 2.61 bits per heavy atom. The molecule has 4 aromatic rings.